The number of likely N-dealkylation sites (tertiary alicyclic amines) is 1. The van der Waals surface area contributed by atoms with Crippen molar-refractivity contribution in [3.8, 4) is 0 Å². The van der Waals surface area contributed by atoms with E-state index in [4.69, 9.17) is 4.74 Å². The summed E-state index contributed by atoms with van der Waals surface area (Å²) < 4.78 is 5.43. The molecule has 0 aromatic rings. The Bertz CT molecular complexity index is 127. The molecular formula is C10H21NO. The second-order valence-electron chi connectivity index (χ2n) is 3.83. The van der Waals surface area contributed by atoms with Crippen molar-refractivity contribution in [2.45, 2.75) is 32.7 Å². The topological polar surface area (TPSA) is 12.5 Å². The van der Waals surface area contributed by atoms with E-state index in [1.54, 1.807) is 0 Å². The normalized spacial score (nSPS) is 27.8. The third-order valence-corrected chi connectivity index (χ3v) is 2.82. The van der Waals surface area contributed by atoms with Crippen LogP contribution in [0.4, 0.5) is 0 Å². The molecule has 0 saturated carbocycles. The fourth-order valence-electron chi connectivity index (χ4n) is 2.07. The van der Waals surface area contributed by atoms with E-state index in [2.05, 4.69) is 25.8 Å². The Morgan fingerprint density at radius 2 is 2.33 bits per heavy atom. The number of hydrogen-bond donors (Lipinski definition) is 0. The zero-order valence-corrected chi connectivity index (χ0v) is 8.55. The van der Waals surface area contributed by atoms with Gasteiger partial charge in [0.1, 0.15) is 0 Å². The average molecular weight is 171 g/mol. The summed E-state index contributed by atoms with van der Waals surface area (Å²) in [5.74, 6) is 0.692. The lowest BCUT2D eigenvalue weighted by atomic mass is 10.0. The molecule has 0 aromatic carbocycles. The van der Waals surface area contributed by atoms with Crippen LogP contribution in [0, 0.1) is 5.92 Å². The zero-order valence-electron chi connectivity index (χ0n) is 8.55. The maximum Gasteiger partial charge on any atom is 0.0506 e. The molecule has 2 atom stereocenters. The predicted octanol–water partition coefficient (Wildman–Crippen LogP) is 1.75. The van der Waals surface area contributed by atoms with Gasteiger partial charge in [-0.25, -0.2) is 0 Å². The van der Waals surface area contributed by atoms with Gasteiger partial charge in [-0.15, -0.1) is 0 Å². The standard InChI is InChI=1S/C10H21NO/c1-4-12-8-9(2)10-6-5-7-11(10)3/h9-10H,4-8H2,1-3H3/t9-,10-/m1/s1. The summed E-state index contributed by atoms with van der Waals surface area (Å²) in [5.41, 5.74) is 0. The van der Waals surface area contributed by atoms with Gasteiger partial charge in [0.05, 0.1) is 6.61 Å². The summed E-state index contributed by atoms with van der Waals surface area (Å²) >= 11 is 0. The van der Waals surface area contributed by atoms with Crippen LogP contribution in [-0.2, 0) is 4.74 Å². The summed E-state index contributed by atoms with van der Waals surface area (Å²) in [6.07, 6.45) is 2.71. The molecule has 1 aliphatic heterocycles. The Hall–Kier alpha value is -0.0800. The van der Waals surface area contributed by atoms with Crippen LogP contribution in [0.3, 0.4) is 0 Å². The van der Waals surface area contributed by atoms with Gasteiger partial charge in [0.15, 0.2) is 0 Å². The summed E-state index contributed by atoms with van der Waals surface area (Å²) in [6, 6.07) is 0.761. The van der Waals surface area contributed by atoms with E-state index in [9.17, 15) is 0 Å². The minimum absolute atomic E-state index is 0.692. The molecule has 0 aliphatic carbocycles. The summed E-state index contributed by atoms with van der Waals surface area (Å²) in [7, 11) is 2.22. The molecule has 0 bridgehead atoms. The van der Waals surface area contributed by atoms with Crippen LogP contribution in [0.5, 0.6) is 0 Å². The van der Waals surface area contributed by atoms with Gasteiger partial charge in [-0.1, -0.05) is 6.92 Å². The highest BCUT2D eigenvalue weighted by Crippen LogP contribution is 2.22. The van der Waals surface area contributed by atoms with Crippen molar-refractivity contribution in [2.75, 3.05) is 26.8 Å². The zero-order chi connectivity index (χ0) is 8.97. The maximum absolute atomic E-state index is 5.43. The van der Waals surface area contributed by atoms with Gasteiger partial charge in [-0.05, 0) is 39.3 Å². The van der Waals surface area contributed by atoms with Gasteiger partial charge in [0.2, 0.25) is 0 Å². The molecule has 1 saturated heterocycles. The van der Waals surface area contributed by atoms with Gasteiger partial charge >= 0.3 is 0 Å². The van der Waals surface area contributed by atoms with Crippen molar-refractivity contribution in [3.05, 3.63) is 0 Å². The lowest BCUT2D eigenvalue weighted by molar-refractivity contribution is 0.0833. The third-order valence-electron chi connectivity index (χ3n) is 2.82. The average Bonchev–Trinajstić information content (AvgIpc) is 2.47. The predicted molar refractivity (Wildman–Crippen MR) is 51.3 cm³/mol. The number of rotatable bonds is 4. The first kappa shape index (κ1) is 10.0. The smallest absolute Gasteiger partial charge is 0.0506 e. The summed E-state index contributed by atoms with van der Waals surface area (Å²) in [5, 5.41) is 0. The van der Waals surface area contributed by atoms with Crippen molar-refractivity contribution in [1.82, 2.24) is 4.90 Å². The molecule has 1 rings (SSSR count). The van der Waals surface area contributed by atoms with Crippen LogP contribution < -0.4 is 0 Å². The SMILES string of the molecule is CCOC[C@@H](C)[C@H]1CCCN1C. The minimum Gasteiger partial charge on any atom is -0.381 e. The lowest BCUT2D eigenvalue weighted by Gasteiger charge is -2.25. The van der Waals surface area contributed by atoms with Crippen LogP contribution in [0.15, 0.2) is 0 Å². The Morgan fingerprint density at radius 3 is 2.83 bits per heavy atom. The molecule has 0 unspecified atom stereocenters. The molecule has 0 spiro atoms. The molecule has 1 fully saturated rings. The second-order valence-corrected chi connectivity index (χ2v) is 3.83. The number of hydrogen-bond acceptors (Lipinski definition) is 2. The molecule has 0 N–H and O–H groups in total. The summed E-state index contributed by atoms with van der Waals surface area (Å²) in [4.78, 5) is 2.46. The van der Waals surface area contributed by atoms with Crippen molar-refractivity contribution in [1.29, 1.82) is 0 Å². The lowest BCUT2D eigenvalue weighted by Crippen LogP contribution is -2.33. The highest BCUT2D eigenvalue weighted by Gasteiger charge is 2.25. The van der Waals surface area contributed by atoms with E-state index >= 15 is 0 Å². The monoisotopic (exact) mass is 171 g/mol. The fourth-order valence-corrected chi connectivity index (χ4v) is 2.07. The molecule has 1 heterocycles. The van der Waals surface area contributed by atoms with E-state index in [0.29, 0.717) is 5.92 Å². The van der Waals surface area contributed by atoms with E-state index in [1.165, 1.54) is 19.4 Å². The second kappa shape index (κ2) is 4.83. The molecule has 72 valence electrons. The van der Waals surface area contributed by atoms with Gasteiger partial charge in [0, 0.05) is 12.6 Å². The van der Waals surface area contributed by atoms with Crippen molar-refractivity contribution in [3.63, 3.8) is 0 Å². The molecule has 0 aromatic heterocycles. The van der Waals surface area contributed by atoms with E-state index < -0.39 is 0 Å². The Kier molecular flexibility index (Phi) is 4.02. The van der Waals surface area contributed by atoms with Crippen LogP contribution in [0.1, 0.15) is 26.7 Å². The first-order valence-electron chi connectivity index (χ1n) is 5.03. The first-order valence-corrected chi connectivity index (χ1v) is 5.03. The highest BCUT2D eigenvalue weighted by atomic mass is 16.5. The highest BCUT2D eigenvalue weighted by molar-refractivity contribution is 4.80. The van der Waals surface area contributed by atoms with Crippen molar-refractivity contribution >= 4 is 0 Å². The molecule has 2 heteroatoms. The minimum atomic E-state index is 0.692. The largest absolute Gasteiger partial charge is 0.381 e. The molecule has 0 amide bonds. The van der Waals surface area contributed by atoms with Gasteiger partial charge in [-0.3, -0.25) is 0 Å². The maximum atomic E-state index is 5.43. The fraction of sp³-hybridized carbons (Fsp3) is 1.00. The van der Waals surface area contributed by atoms with Crippen LogP contribution in [0.25, 0.3) is 0 Å². The molecular weight excluding hydrogens is 150 g/mol. The van der Waals surface area contributed by atoms with E-state index in [0.717, 1.165) is 19.3 Å². The quantitative estimate of drug-likeness (QED) is 0.639. The van der Waals surface area contributed by atoms with E-state index in [-0.39, 0.29) is 0 Å². The molecule has 2 nitrogen and oxygen atoms in total. The van der Waals surface area contributed by atoms with E-state index in [1.807, 2.05) is 0 Å². The van der Waals surface area contributed by atoms with Crippen molar-refractivity contribution < 1.29 is 4.74 Å². The van der Waals surface area contributed by atoms with Crippen LogP contribution in [-0.4, -0.2) is 37.7 Å². The summed E-state index contributed by atoms with van der Waals surface area (Å²) in [6.45, 7) is 7.39. The van der Waals surface area contributed by atoms with Crippen molar-refractivity contribution in [2.24, 2.45) is 5.92 Å². The van der Waals surface area contributed by atoms with Crippen LogP contribution >= 0.6 is 0 Å². The Balaban J connectivity index is 2.25. The Labute approximate surface area is 75.9 Å². The Morgan fingerprint density at radius 1 is 1.58 bits per heavy atom. The molecule has 12 heavy (non-hydrogen) atoms. The third kappa shape index (κ3) is 2.46. The number of ether oxygens (including phenoxy) is 1. The van der Waals surface area contributed by atoms with Crippen LogP contribution in [0.2, 0.25) is 0 Å². The molecule has 1 aliphatic rings. The van der Waals surface area contributed by atoms with Gasteiger partial charge in [-0.2, -0.15) is 0 Å². The molecule has 0 radical (unpaired) electrons. The van der Waals surface area contributed by atoms with Gasteiger partial charge in [0.25, 0.3) is 0 Å². The van der Waals surface area contributed by atoms with Gasteiger partial charge < -0.3 is 9.64 Å². The first-order chi connectivity index (χ1) is 5.75. The number of nitrogens with zero attached hydrogens (tertiary/aromatic N) is 1.